The topological polar surface area (TPSA) is 29.1 Å². The lowest BCUT2D eigenvalue weighted by atomic mass is 9.84. The van der Waals surface area contributed by atoms with Crippen LogP contribution in [-0.4, -0.2) is 11.4 Å². The summed E-state index contributed by atoms with van der Waals surface area (Å²) in [6.45, 7) is 8.63. The molecular weight excluding hydrogens is 186 g/mol. The Balaban J connectivity index is 2.55. The van der Waals surface area contributed by atoms with Crippen LogP contribution < -0.4 is 5.32 Å². The van der Waals surface area contributed by atoms with Gasteiger partial charge in [0, 0.05) is 12.0 Å². The summed E-state index contributed by atoms with van der Waals surface area (Å²) < 4.78 is 0. The van der Waals surface area contributed by atoms with Crippen LogP contribution in [0.25, 0.3) is 0 Å². The van der Waals surface area contributed by atoms with E-state index in [1.165, 1.54) is 12.8 Å². The highest BCUT2D eigenvalue weighted by Gasteiger charge is 2.37. The zero-order chi connectivity index (χ0) is 11.5. The Morgan fingerprint density at radius 3 is 2.13 bits per heavy atom. The lowest BCUT2D eigenvalue weighted by Crippen LogP contribution is -2.50. The predicted molar refractivity (Wildman–Crippen MR) is 63.6 cm³/mol. The highest BCUT2D eigenvalue weighted by molar-refractivity contribution is 5.77. The fraction of sp³-hybridized carbons (Fsp3) is 0.923. The summed E-state index contributed by atoms with van der Waals surface area (Å²) in [7, 11) is 0. The normalized spacial score (nSPS) is 19.9. The molecule has 2 heteroatoms. The smallest absolute Gasteiger partial charge is 0.220 e. The Hall–Kier alpha value is -0.530. The molecule has 0 aromatic carbocycles. The first-order chi connectivity index (χ1) is 6.96. The van der Waals surface area contributed by atoms with Crippen molar-refractivity contribution in [2.45, 2.75) is 65.3 Å². The molecule has 1 aliphatic carbocycles. The SMILES string of the molecule is CC(C)CC(=O)NC1(C(C)C)CCCC1. The molecule has 1 aliphatic rings. The van der Waals surface area contributed by atoms with Gasteiger partial charge in [-0.1, -0.05) is 40.5 Å². The Morgan fingerprint density at radius 2 is 1.73 bits per heavy atom. The molecule has 0 heterocycles. The standard InChI is InChI=1S/C13H25NO/c1-10(2)9-12(15)14-13(11(3)4)7-5-6-8-13/h10-11H,5-9H2,1-4H3,(H,14,15). The lowest BCUT2D eigenvalue weighted by Gasteiger charge is -2.35. The molecule has 88 valence electrons. The van der Waals surface area contributed by atoms with Crippen LogP contribution in [0.1, 0.15) is 59.8 Å². The van der Waals surface area contributed by atoms with E-state index in [1.807, 2.05) is 0 Å². The van der Waals surface area contributed by atoms with E-state index in [-0.39, 0.29) is 11.4 Å². The molecule has 1 N–H and O–H groups in total. The summed E-state index contributed by atoms with van der Waals surface area (Å²) in [4.78, 5) is 11.8. The Kier molecular flexibility index (Phi) is 4.18. The number of amides is 1. The summed E-state index contributed by atoms with van der Waals surface area (Å²) in [6.07, 6.45) is 5.51. The molecule has 2 nitrogen and oxygen atoms in total. The van der Waals surface area contributed by atoms with E-state index >= 15 is 0 Å². The zero-order valence-corrected chi connectivity index (χ0v) is 10.6. The highest BCUT2D eigenvalue weighted by Crippen LogP contribution is 2.35. The number of carbonyl (C=O) groups excluding carboxylic acids is 1. The Bertz CT molecular complexity index is 215. The molecule has 1 amide bonds. The summed E-state index contributed by atoms with van der Waals surface area (Å²) >= 11 is 0. The summed E-state index contributed by atoms with van der Waals surface area (Å²) in [5.41, 5.74) is 0.103. The largest absolute Gasteiger partial charge is 0.350 e. The number of rotatable bonds is 4. The average molecular weight is 211 g/mol. The molecule has 0 unspecified atom stereocenters. The third kappa shape index (κ3) is 3.22. The molecule has 15 heavy (non-hydrogen) atoms. The van der Waals surface area contributed by atoms with E-state index in [1.54, 1.807) is 0 Å². The lowest BCUT2D eigenvalue weighted by molar-refractivity contribution is -0.124. The van der Waals surface area contributed by atoms with E-state index in [9.17, 15) is 4.79 Å². The first kappa shape index (κ1) is 12.5. The van der Waals surface area contributed by atoms with Gasteiger partial charge >= 0.3 is 0 Å². The number of carbonyl (C=O) groups is 1. The maximum absolute atomic E-state index is 11.8. The van der Waals surface area contributed by atoms with Gasteiger partial charge in [-0.05, 0) is 24.7 Å². The third-order valence-electron chi connectivity index (χ3n) is 3.58. The molecule has 1 saturated carbocycles. The van der Waals surface area contributed by atoms with Gasteiger partial charge in [0.05, 0.1) is 0 Å². The molecule has 1 rings (SSSR count). The summed E-state index contributed by atoms with van der Waals surface area (Å²) in [6, 6.07) is 0. The molecule has 0 aromatic heterocycles. The second-order valence-electron chi connectivity index (χ2n) is 5.66. The minimum absolute atomic E-state index is 0.103. The van der Waals surface area contributed by atoms with E-state index in [4.69, 9.17) is 0 Å². The fourth-order valence-corrected chi connectivity index (χ4v) is 2.55. The van der Waals surface area contributed by atoms with Crippen LogP contribution in [0.5, 0.6) is 0 Å². The maximum Gasteiger partial charge on any atom is 0.220 e. The van der Waals surface area contributed by atoms with Crippen LogP contribution in [0.4, 0.5) is 0 Å². The van der Waals surface area contributed by atoms with Gasteiger partial charge in [-0.3, -0.25) is 4.79 Å². The van der Waals surface area contributed by atoms with E-state index < -0.39 is 0 Å². The fourth-order valence-electron chi connectivity index (χ4n) is 2.55. The van der Waals surface area contributed by atoms with Crippen molar-refractivity contribution in [2.24, 2.45) is 11.8 Å². The molecule has 0 atom stereocenters. The van der Waals surface area contributed by atoms with Crippen molar-refractivity contribution >= 4 is 5.91 Å². The van der Waals surface area contributed by atoms with Crippen molar-refractivity contribution in [3.63, 3.8) is 0 Å². The van der Waals surface area contributed by atoms with Gasteiger partial charge in [-0.2, -0.15) is 0 Å². The average Bonchev–Trinajstić information content (AvgIpc) is 2.52. The molecule has 1 fully saturated rings. The van der Waals surface area contributed by atoms with Crippen molar-refractivity contribution < 1.29 is 4.79 Å². The number of hydrogen-bond donors (Lipinski definition) is 1. The third-order valence-corrected chi connectivity index (χ3v) is 3.58. The van der Waals surface area contributed by atoms with Gasteiger partial charge in [-0.25, -0.2) is 0 Å². The van der Waals surface area contributed by atoms with Gasteiger partial charge in [0.1, 0.15) is 0 Å². The van der Waals surface area contributed by atoms with E-state index in [0.29, 0.717) is 18.3 Å². The highest BCUT2D eigenvalue weighted by atomic mass is 16.1. The molecule has 0 aromatic rings. The molecule has 0 saturated heterocycles. The Morgan fingerprint density at radius 1 is 1.20 bits per heavy atom. The summed E-state index contributed by atoms with van der Waals surface area (Å²) in [5, 5.41) is 3.28. The monoisotopic (exact) mass is 211 g/mol. The second-order valence-corrected chi connectivity index (χ2v) is 5.66. The van der Waals surface area contributed by atoms with Crippen molar-refractivity contribution in [1.29, 1.82) is 0 Å². The van der Waals surface area contributed by atoms with Crippen molar-refractivity contribution in [3.05, 3.63) is 0 Å². The van der Waals surface area contributed by atoms with Gasteiger partial charge in [0.25, 0.3) is 0 Å². The van der Waals surface area contributed by atoms with Gasteiger partial charge in [-0.15, -0.1) is 0 Å². The molecule has 0 radical (unpaired) electrons. The number of hydrogen-bond acceptors (Lipinski definition) is 1. The number of nitrogens with one attached hydrogen (secondary N) is 1. The van der Waals surface area contributed by atoms with Crippen LogP contribution >= 0.6 is 0 Å². The summed E-state index contributed by atoms with van der Waals surface area (Å²) in [5.74, 6) is 1.24. The van der Waals surface area contributed by atoms with Crippen LogP contribution in [0.3, 0.4) is 0 Å². The molecular formula is C13H25NO. The molecule has 0 aliphatic heterocycles. The minimum Gasteiger partial charge on any atom is -0.350 e. The predicted octanol–water partition coefficient (Wildman–Crippen LogP) is 3.12. The maximum atomic E-state index is 11.8. The van der Waals surface area contributed by atoms with Crippen molar-refractivity contribution in [2.75, 3.05) is 0 Å². The Labute approximate surface area is 93.8 Å². The van der Waals surface area contributed by atoms with Gasteiger partial charge in [0.15, 0.2) is 0 Å². The molecule has 0 bridgehead atoms. The molecule has 0 spiro atoms. The van der Waals surface area contributed by atoms with Crippen molar-refractivity contribution in [3.8, 4) is 0 Å². The van der Waals surface area contributed by atoms with Crippen LogP contribution in [0.15, 0.2) is 0 Å². The van der Waals surface area contributed by atoms with Crippen molar-refractivity contribution in [1.82, 2.24) is 5.32 Å². The first-order valence-electron chi connectivity index (χ1n) is 6.27. The quantitative estimate of drug-likeness (QED) is 0.760. The first-order valence-corrected chi connectivity index (χ1v) is 6.27. The van der Waals surface area contributed by atoms with Crippen LogP contribution in [0.2, 0.25) is 0 Å². The zero-order valence-electron chi connectivity index (χ0n) is 10.6. The van der Waals surface area contributed by atoms with Gasteiger partial charge < -0.3 is 5.32 Å². The van der Waals surface area contributed by atoms with Crippen LogP contribution in [0, 0.1) is 11.8 Å². The van der Waals surface area contributed by atoms with E-state index in [2.05, 4.69) is 33.0 Å². The second kappa shape index (κ2) is 5.00. The minimum atomic E-state index is 0.103. The van der Waals surface area contributed by atoms with E-state index in [0.717, 1.165) is 12.8 Å². The van der Waals surface area contributed by atoms with Crippen LogP contribution in [-0.2, 0) is 4.79 Å². The van der Waals surface area contributed by atoms with Gasteiger partial charge in [0.2, 0.25) is 5.91 Å².